The van der Waals surface area contributed by atoms with Crippen LogP contribution in [-0.2, 0) is 4.79 Å². The van der Waals surface area contributed by atoms with Gasteiger partial charge in [-0.1, -0.05) is 42.5 Å². The molecule has 0 N–H and O–H groups in total. The van der Waals surface area contributed by atoms with Crippen LogP contribution in [0.2, 0.25) is 0 Å². The first-order valence-electron chi connectivity index (χ1n) is 5.51. The van der Waals surface area contributed by atoms with E-state index in [0.717, 1.165) is 0 Å². The van der Waals surface area contributed by atoms with Crippen LogP contribution in [0.4, 0.5) is 0 Å². The second kappa shape index (κ2) is 5.73. The van der Waals surface area contributed by atoms with Gasteiger partial charge >= 0.3 is 6.47 Å². The van der Waals surface area contributed by atoms with Crippen molar-refractivity contribution < 1.29 is 19.1 Å². The van der Waals surface area contributed by atoms with Crippen LogP contribution in [0.5, 0.6) is 5.75 Å². The fourth-order valence-electron chi connectivity index (χ4n) is 1.63. The Morgan fingerprint density at radius 2 is 1.47 bits per heavy atom. The molecule has 0 amide bonds. The van der Waals surface area contributed by atoms with Crippen LogP contribution in [0.3, 0.4) is 0 Å². The molecule has 0 heterocycles. The summed E-state index contributed by atoms with van der Waals surface area (Å²) in [6.07, 6.45) is 0. The summed E-state index contributed by atoms with van der Waals surface area (Å²) in [6, 6.07) is 14.2. The first-order chi connectivity index (χ1) is 9.24. The Morgan fingerprint density at radius 3 is 2.16 bits per heavy atom. The zero-order valence-corrected chi connectivity index (χ0v) is 9.83. The number of ether oxygens (including phenoxy) is 1. The number of carbonyl (C=O) groups is 2. The summed E-state index contributed by atoms with van der Waals surface area (Å²) < 4.78 is 4.57. The smallest absolute Gasteiger partial charge is 0.417 e. The van der Waals surface area contributed by atoms with Crippen LogP contribution in [0, 0.1) is 0 Å². The molecule has 0 saturated heterocycles. The van der Waals surface area contributed by atoms with Gasteiger partial charge in [0.05, 0.1) is 5.56 Å². The topological polar surface area (TPSA) is 60.4 Å². The van der Waals surface area contributed by atoms with Gasteiger partial charge in [0.15, 0.2) is 0 Å². The van der Waals surface area contributed by atoms with Crippen molar-refractivity contribution in [2.45, 2.75) is 0 Å². The highest BCUT2D eigenvalue weighted by atomic mass is 16.5. The molecule has 0 aliphatic rings. The van der Waals surface area contributed by atoms with Crippen molar-refractivity contribution >= 4 is 18.0 Å². The van der Waals surface area contributed by atoms with Crippen LogP contribution >= 0.6 is 0 Å². The van der Waals surface area contributed by atoms with Gasteiger partial charge in [0, 0.05) is 5.56 Å². The molecule has 19 heavy (non-hydrogen) atoms. The van der Waals surface area contributed by atoms with Crippen molar-refractivity contribution in [3.8, 4) is 5.75 Å². The predicted octanol–water partition coefficient (Wildman–Crippen LogP) is 2.20. The van der Waals surface area contributed by atoms with E-state index in [4.69, 9.17) is 0 Å². The van der Waals surface area contributed by atoms with Gasteiger partial charge in [0.1, 0.15) is 5.75 Å². The highest BCUT2D eigenvalue weighted by Gasteiger charge is 2.21. The molecule has 0 fully saturated rings. The maximum Gasteiger partial charge on any atom is 0.423 e. The normalized spacial score (nSPS) is 9.68. The molecule has 0 aliphatic heterocycles. The van der Waals surface area contributed by atoms with E-state index in [1.165, 1.54) is 18.6 Å². The van der Waals surface area contributed by atoms with E-state index in [9.17, 15) is 14.4 Å². The zero-order valence-electron chi connectivity index (χ0n) is 9.83. The average Bonchev–Trinajstić information content (AvgIpc) is 2.47. The lowest BCUT2D eigenvalue weighted by Crippen LogP contribution is -2.15. The Balaban J connectivity index is 2.35. The number of hydrogen-bond donors (Lipinski definition) is 0. The molecule has 0 unspecified atom stereocenters. The predicted molar refractivity (Wildman–Crippen MR) is 67.9 cm³/mol. The van der Waals surface area contributed by atoms with Gasteiger partial charge < -0.3 is 4.74 Å². The number of carbonyl (C=O) groups excluding carboxylic acids is 3. The Kier molecular flexibility index (Phi) is 3.83. The van der Waals surface area contributed by atoms with Crippen LogP contribution in [0.1, 0.15) is 20.7 Å². The minimum Gasteiger partial charge on any atom is -0.417 e. The fraction of sp³-hybridized carbons (Fsp3) is 0. The van der Waals surface area contributed by atoms with Crippen LogP contribution < -0.4 is 4.74 Å². The molecule has 0 saturated carbocycles. The molecule has 0 aromatic heterocycles. The Labute approximate surface area is 109 Å². The molecule has 0 atom stereocenters. The number of hydrogen-bond acceptors (Lipinski definition) is 4. The molecule has 2 aromatic rings. The third-order valence-electron chi connectivity index (χ3n) is 2.53. The second-order valence-corrected chi connectivity index (χ2v) is 3.71. The highest BCUT2D eigenvalue weighted by molar-refractivity contribution is 6.49. The number of para-hydroxylation sites is 1. The summed E-state index contributed by atoms with van der Waals surface area (Å²) in [5.41, 5.74) is 0.331. The monoisotopic (exact) mass is 253 g/mol. The first kappa shape index (κ1) is 12.7. The molecule has 4 nitrogen and oxygen atoms in total. The molecule has 2 rings (SSSR count). The molecule has 93 valence electrons. The van der Waals surface area contributed by atoms with Crippen molar-refractivity contribution in [1.82, 2.24) is 0 Å². The van der Waals surface area contributed by atoms with E-state index >= 15 is 0 Å². The van der Waals surface area contributed by atoms with E-state index in [0.29, 0.717) is 0 Å². The fourth-order valence-corrected chi connectivity index (χ4v) is 1.63. The van der Waals surface area contributed by atoms with Crippen molar-refractivity contribution in [2.24, 2.45) is 0 Å². The molecule has 2 aromatic carbocycles. The maximum absolute atomic E-state index is 12.1. The van der Waals surface area contributed by atoms with Gasteiger partial charge in [-0.2, -0.15) is 0 Å². The Hall–Kier alpha value is -2.75. The van der Waals surface area contributed by atoms with Gasteiger partial charge in [-0.05, 0) is 12.1 Å². The van der Waals surface area contributed by atoms with Crippen molar-refractivity contribution in [3.05, 3.63) is 65.7 Å². The summed E-state index contributed by atoms with van der Waals surface area (Å²) in [5.74, 6) is -1.36. The van der Waals surface area contributed by atoms with Crippen molar-refractivity contribution in [3.63, 3.8) is 0 Å². The molecule has 4 heteroatoms. The number of rotatable bonds is 5. The van der Waals surface area contributed by atoms with E-state index in [1.807, 2.05) is 0 Å². The first-order valence-corrected chi connectivity index (χ1v) is 5.51. The van der Waals surface area contributed by atoms with Gasteiger partial charge in [-0.25, -0.2) is 4.79 Å². The van der Waals surface area contributed by atoms with Gasteiger partial charge in [0.2, 0.25) is 11.6 Å². The molecule has 0 aliphatic carbocycles. The van der Waals surface area contributed by atoms with Crippen LogP contribution in [-0.4, -0.2) is 18.0 Å². The summed E-state index contributed by atoms with van der Waals surface area (Å²) in [6.45, 7) is 1.24. The SMILES string of the molecule is O=[C]Oc1ccccc1C(=O)C(=O)c1ccccc1. The van der Waals surface area contributed by atoms with E-state index in [-0.39, 0.29) is 16.9 Å². The minimum absolute atomic E-state index is 0.0202. The number of benzene rings is 2. The quantitative estimate of drug-likeness (QED) is 0.605. The standard InChI is InChI=1S/C15H9O4/c16-10-19-13-9-5-4-8-12(13)15(18)14(17)11-6-2-1-3-7-11/h1-9H. The van der Waals surface area contributed by atoms with Crippen molar-refractivity contribution in [2.75, 3.05) is 0 Å². The lowest BCUT2D eigenvalue weighted by Gasteiger charge is -2.04. The number of Topliss-reactive ketones (excluding diaryl/α,β-unsaturated/α-hetero) is 2. The highest BCUT2D eigenvalue weighted by Crippen LogP contribution is 2.19. The van der Waals surface area contributed by atoms with Crippen LogP contribution in [0.25, 0.3) is 0 Å². The number of ketones is 2. The Bertz CT molecular complexity index is 617. The largest absolute Gasteiger partial charge is 0.423 e. The second-order valence-electron chi connectivity index (χ2n) is 3.71. The van der Waals surface area contributed by atoms with Gasteiger partial charge in [-0.15, -0.1) is 0 Å². The third kappa shape index (κ3) is 2.74. The lowest BCUT2D eigenvalue weighted by molar-refractivity contribution is 0.0815. The van der Waals surface area contributed by atoms with Gasteiger partial charge in [0.25, 0.3) is 0 Å². The minimum atomic E-state index is -0.725. The molecule has 1 radical (unpaired) electrons. The molecular formula is C15H9O4. The van der Waals surface area contributed by atoms with Crippen molar-refractivity contribution in [1.29, 1.82) is 0 Å². The molecule has 0 bridgehead atoms. The molecular weight excluding hydrogens is 244 g/mol. The van der Waals surface area contributed by atoms with E-state index < -0.39 is 11.6 Å². The average molecular weight is 253 g/mol. The summed E-state index contributed by atoms with van der Waals surface area (Å²) >= 11 is 0. The van der Waals surface area contributed by atoms with E-state index in [1.54, 1.807) is 42.5 Å². The third-order valence-corrected chi connectivity index (χ3v) is 2.53. The summed E-state index contributed by atoms with van der Waals surface area (Å²) in [7, 11) is 0. The lowest BCUT2D eigenvalue weighted by atomic mass is 10.0. The Morgan fingerprint density at radius 1 is 0.842 bits per heavy atom. The van der Waals surface area contributed by atoms with Gasteiger partial charge in [-0.3, -0.25) is 9.59 Å². The van der Waals surface area contributed by atoms with E-state index in [2.05, 4.69) is 4.74 Å². The van der Waals surface area contributed by atoms with Crippen LogP contribution in [0.15, 0.2) is 54.6 Å². The maximum atomic E-state index is 12.1. The zero-order chi connectivity index (χ0) is 13.7. The summed E-state index contributed by atoms with van der Waals surface area (Å²) in [4.78, 5) is 34.3. The summed E-state index contributed by atoms with van der Waals surface area (Å²) in [5, 5.41) is 0. The molecule has 0 spiro atoms.